The summed E-state index contributed by atoms with van der Waals surface area (Å²) in [6.07, 6.45) is 0.839. The van der Waals surface area contributed by atoms with Gasteiger partial charge in [-0.15, -0.1) is 0 Å². The molecule has 74 valence electrons. The second-order valence-electron chi connectivity index (χ2n) is 4.51. The molecule has 0 aromatic rings. The standard InChI is InChI=1S/C9H16N2O2/c1-9(2,3)4-5-11-7(12)6-10-8(11)13/h4-6H2,1-3H3,(H,10,13). The predicted octanol–water partition coefficient (Wildman–Crippen LogP) is 0.974. The zero-order chi connectivity index (χ0) is 10.1. The van der Waals surface area contributed by atoms with E-state index in [1.807, 2.05) is 0 Å². The monoisotopic (exact) mass is 184 g/mol. The predicted molar refractivity (Wildman–Crippen MR) is 49.2 cm³/mol. The number of nitrogens with one attached hydrogen (secondary N) is 1. The minimum atomic E-state index is -0.255. The summed E-state index contributed by atoms with van der Waals surface area (Å²) < 4.78 is 0. The van der Waals surface area contributed by atoms with E-state index in [1.54, 1.807) is 0 Å². The molecule has 0 aromatic carbocycles. The fraction of sp³-hybridized carbons (Fsp3) is 0.778. The van der Waals surface area contributed by atoms with E-state index < -0.39 is 0 Å². The Labute approximate surface area is 78.3 Å². The van der Waals surface area contributed by atoms with Crippen molar-refractivity contribution in [2.75, 3.05) is 13.1 Å². The van der Waals surface area contributed by atoms with Crippen LogP contribution >= 0.6 is 0 Å². The van der Waals surface area contributed by atoms with Crippen molar-refractivity contribution >= 4 is 11.9 Å². The molecule has 3 amide bonds. The molecule has 1 heterocycles. The summed E-state index contributed by atoms with van der Waals surface area (Å²) >= 11 is 0. The Morgan fingerprint density at radius 2 is 2.00 bits per heavy atom. The summed E-state index contributed by atoms with van der Waals surface area (Å²) in [6.45, 7) is 6.94. The minimum Gasteiger partial charge on any atom is -0.329 e. The summed E-state index contributed by atoms with van der Waals surface area (Å²) in [4.78, 5) is 23.5. The van der Waals surface area contributed by atoms with Gasteiger partial charge in [-0.05, 0) is 11.8 Å². The lowest BCUT2D eigenvalue weighted by atomic mass is 9.92. The molecule has 0 unspecified atom stereocenters. The van der Waals surface area contributed by atoms with Gasteiger partial charge >= 0.3 is 6.03 Å². The Balaban J connectivity index is 2.45. The van der Waals surface area contributed by atoms with Gasteiger partial charge in [0.25, 0.3) is 0 Å². The molecule has 4 nitrogen and oxygen atoms in total. The second kappa shape index (κ2) is 3.36. The van der Waals surface area contributed by atoms with Crippen molar-refractivity contribution < 1.29 is 9.59 Å². The molecule has 0 aromatic heterocycles. The smallest absolute Gasteiger partial charge is 0.324 e. The van der Waals surface area contributed by atoms with Crippen molar-refractivity contribution in [3.05, 3.63) is 0 Å². The molecule has 4 heteroatoms. The lowest BCUT2D eigenvalue weighted by Crippen LogP contribution is -2.33. The molecule has 1 aliphatic rings. The van der Waals surface area contributed by atoms with E-state index in [0.717, 1.165) is 6.42 Å². The molecule has 1 fully saturated rings. The molecule has 0 saturated carbocycles. The zero-order valence-electron chi connectivity index (χ0n) is 8.39. The maximum atomic E-state index is 11.1. The fourth-order valence-electron chi connectivity index (χ4n) is 1.13. The summed E-state index contributed by atoms with van der Waals surface area (Å²) in [5, 5.41) is 2.49. The van der Waals surface area contributed by atoms with Gasteiger partial charge in [-0.3, -0.25) is 9.69 Å². The second-order valence-corrected chi connectivity index (χ2v) is 4.51. The van der Waals surface area contributed by atoms with Crippen LogP contribution in [0, 0.1) is 5.41 Å². The molecule has 1 rings (SSSR count). The lowest BCUT2D eigenvalue weighted by Gasteiger charge is -2.21. The molecular formula is C9H16N2O2. The Bertz CT molecular complexity index is 214. The molecule has 0 aliphatic carbocycles. The van der Waals surface area contributed by atoms with E-state index >= 15 is 0 Å². The molecule has 0 bridgehead atoms. The Kier molecular flexibility index (Phi) is 2.59. The van der Waals surface area contributed by atoms with Gasteiger partial charge in [0.15, 0.2) is 0 Å². The third kappa shape index (κ3) is 2.72. The fourth-order valence-corrected chi connectivity index (χ4v) is 1.13. The highest BCUT2D eigenvalue weighted by Gasteiger charge is 2.28. The molecule has 1 aliphatic heterocycles. The van der Waals surface area contributed by atoms with Gasteiger partial charge in [-0.1, -0.05) is 20.8 Å². The zero-order valence-corrected chi connectivity index (χ0v) is 8.39. The Hall–Kier alpha value is -1.06. The number of hydrogen-bond acceptors (Lipinski definition) is 2. The van der Waals surface area contributed by atoms with Gasteiger partial charge in [0, 0.05) is 6.54 Å². The SMILES string of the molecule is CC(C)(C)CCN1C(=O)CNC1=O. The first kappa shape index (κ1) is 10.0. The van der Waals surface area contributed by atoms with Crippen molar-refractivity contribution in [3.63, 3.8) is 0 Å². The summed E-state index contributed by atoms with van der Waals surface area (Å²) in [5.41, 5.74) is 0.156. The number of amides is 3. The minimum absolute atomic E-state index is 0.116. The van der Waals surface area contributed by atoms with Crippen LogP contribution in [0.5, 0.6) is 0 Å². The Morgan fingerprint density at radius 1 is 1.38 bits per heavy atom. The van der Waals surface area contributed by atoms with Crippen LogP contribution in [-0.2, 0) is 4.79 Å². The highest BCUT2D eigenvalue weighted by atomic mass is 16.2. The molecule has 13 heavy (non-hydrogen) atoms. The molecular weight excluding hydrogens is 168 g/mol. The van der Waals surface area contributed by atoms with Crippen LogP contribution in [0.15, 0.2) is 0 Å². The van der Waals surface area contributed by atoms with Crippen LogP contribution in [-0.4, -0.2) is 29.9 Å². The molecule has 0 atom stereocenters. The van der Waals surface area contributed by atoms with Crippen LogP contribution in [0.4, 0.5) is 4.79 Å². The van der Waals surface area contributed by atoms with Crippen molar-refractivity contribution in [1.29, 1.82) is 0 Å². The van der Waals surface area contributed by atoms with E-state index in [-0.39, 0.29) is 23.9 Å². The first-order valence-corrected chi connectivity index (χ1v) is 4.48. The van der Waals surface area contributed by atoms with Crippen molar-refractivity contribution in [2.45, 2.75) is 27.2 Å². The van der Waals surface area contributed by atoms with Crippen LogP contribution in [0.25, 0.3) is 0 Å². The molecule has 0 radical (unpaired) electrons. The maximum Gasteiger partial charge on any atom is 0.324 e. The van der Waals surface area contributed by atoms with Crippen LogP contribution in [0.3, 0.4) is 0 Å². The van der Waals surface area contributed by atoms with Gasteiger partial charge < -0.3 is 5.32 Å². The largest absolute Gasteiger partial charge is 0.329 e. The highest BCUT2D eigenvalue weighted by molar-refractivity contribution is 6.01. The number of carbonyl (C=O) groups is 2. The van der Waals surface area contributed by atoms with E-state index in [2.05, 4.69) is 26.1 Å². The first-order valence-electron chi connectivity index (χ1n) is 4.48. The number of urea groups is 1. The summed E-state index contributed by atoms with van der Waals surface area (Å²) in [7, 11) is 0. The van der Waals surface area contributed by atoms with E-state index in [4.69, 9.17) is 0 Å². The van der Waals surface area contributed by atoms with Crippen molar-refractivity contribution in [1.82, 2.24) is 10.2 Å². The molecule has 1 saturated heterocycles. The normalized spacial score (nSPS) is 17.9. The average molecular weight is 184 g/mol. The molecule has 1 N–H and O–H groups in total. The first-order chi connectivity index (χ1) is 5.90. The van der Waals surface area contributed by atoms with Crippen LogP contribution in [0.1, 0.15) is 27.2 Å². The van der Waals surface area contributed by atoms with Crippen LogP contribution < -0.4 is 5.32 Å². The summed E-state index contributed by atoms with van der Waals surface area (Å²) in [6, 6.07) is -0.255. The number of nitrogens with zero attached hydrogens (tertiary/aromatic N) is 1. The van der Waals surface area contributed by atoms with Gasteiger partial charge in [0.05, 0.1) is 6.54 Å². The van der Waals surface area contributed by atoms with Gasteiger partial charge in [-0.2, -0.15) is 0 Å². The van der Waals surface area contributed by atoms with Crippen LogP contribution in [0.2, 0.25) is 0 Å². The third-order valence-electron chi connectivity index (χ3n) is 2.02. The number of hydrogen-bond donors (Lipinski definition) is 1. The average Bonchev–Trinajstić information content (AvgIpc) is 2.27. The number of rotatable bonds is 2. The topological polar surface area (TPSA) is 49.4 Å². The van der Waals surface area contributed by atoms with Gasteiger partial charge in [0.1, 0.15) is 0 Å². The molecule has 0 spiro atoms. The van der Waals surface area contributed by atoms with E-state index in [0.29, 0.717) is 6.54 Å². The van der Waals surface area contributed by atoms with E-state index in [9.17, 15) is 9.59 Å². The summed E-state index contributed by atoms with van der Waals surface area (Å²) in [5.74, 6) is -0.116. The van der Waals surface area contributed by atoms with Gasteiger partial charge in [0.2, 0.25) is 5.91 Å². The maximum absolute atomic E-state index is 11.1. The number of carbonyl (C=O) groups excluding carboxylic acids is 2. The third-order valence-corrected chi connectivity index (χ3v) is 2.02. The lowest BCUT2D eigenvalue weighted by molar-refractivity contribution is -0.125. The van der Waals surface area contributed by atoms with E-state index in [1.165, 1.54) is 4.90 Å². The quantitative estimate of drug-likeness (QED) is 0.650. The highest BCUT2D eigenvalue weighted by Crippen LogP contribution is 2.19. The Morgan fingerprint density at radius 3 is 2.38 bits per heavy atom. The van der Waals surface area contributed by atoms with Crippen molar-refractivity contribution in [3.8, 4) is 0 Å². The van der Waals surface area contributed by atoms with Crippen molar-refractivity contribution in [2.24, 2.45) is 5.41 Å². The number of imide groups is 1. The van der Waals surface area contributed by atoms with Gasteiger partial charge in [-0.25, -0.2) is 4.79 Å².